The van der Waals surface area contributed by atoms with Gasteiger partial charge in [0.25, 0.3) is 5.91 Å². The normalized spacial score (nSPS) is 15.9. The summed E-state index contributed by atoms with van der Waals surface area (Å²) in [6.07, 6.45) is -0.294. The molecule has 25 heavy (non-hydrogen) atoms. The minimum atomic E-state index is -0.691. The molecule has 0 aromatic heterocycles. The topological polar surface area (TPSA) is 79.8 Å². The molecule has 0 aliphatic carbocycles. The Kier molecular flexibility index (Phi) is 5.00. The van der Waals surface area contributed by atoms with Crippen molar-refractivity contribution in [2.45, 2.75) is 19.4 Å². The molecule has 3 rings (SSSR count). The van der Waals surface area contributed by atoms with E-state index in [9.17, 15) is 9.59 Å². The lowest BCUT2D eigenvalue weighted by Crippen LogP contribution is -2.28. The fourth-order valence-corrected chi connectivity index (χ4v) is 2.65. The van der Waals surface area contributed by atoms with Crippen molar-refractivity contribution in [3.63, 3.8) is 0 Å². The second-order valence-electron chi connectivity index (χ2n) is 5.57. The first-order valence-corrected chi connectivity index (χ1v) is 8.07. The van der Waals surface area contributed by atoms with Crippen molar-refractivity contribution in [3.05, 3.63) is 59.1 Å². The Morgan fingerprint density at radius 3 is 2.60 bits per heavy atom. The van der Waals surface area contributed by atoms with Crippen LogP contribution in [0.5, 0.6) is 0 Å². The predicted octanol–water partition coefficient (Wildman–Crippen LogP) is 3.43. The van der Waals surface area contributed by atoms with Crippen molar-refractivity contribution < 1.29 is 14.4 Å². The highest BCUT2D eigenvalue weighted by atomic mass is 35.5. The molecule has 0 fully saturated rings. The minimum absolute atomic E-state index is 0.219. The van der Waals surface area contributed by atoms with Crippen LogP contribution >= 0.6 is 11.6 Å². The molecule has 7 heteroatoms. The lowest BCUT2D eigenvalue weighted by atomic mass is 10.0. The number of hydrogen-bond acceptors (Lipinski definition) is 4. The molecule has 2 amide bonds. The number of benzene rings is 2. The van der Waals surface area contributed by atoms with E-state index >= 15 is 0 Å². The van der Waals surface area contributed by atoms with E-state index in [4.69, 9.17) is 16.4 Å². The van der Waals surface area contributed by atoms with Crippen LogP contribution in [-0.4, -0.2) is 23.6 Å². The lowest BCUT2D eigenvalue weighted by Gasteiger charge is -2.11. The van der Waals surface area contributed by atoms with Gasteiger partial charge in [-0.2, -0.15) is 0 Å². The zero-order valence-electron chi connectivity index (χ0n) is 13.5. The maximum atomic E-state index is 12.3. The van der Waals surface area contributed by atoms with Gasteiger partial charge in [-0.1, -0.05) is 47.1 Å². The van der Waals surface area contributed by atoms with E-state index in [1.165, 1.54) is 6.92 Å². The molecule has 1 unspecified atom stereocenters. The number of anilines is 2. The lowest BCUT2D eigenvalue weighted by molar-refractivity contribution is -0.125. The molecule has 2 N–H and O–H groups in total. The van der Waals surface area contributed by atoms with Gasteiger partial charge in [0, 0.05) is 19.0 Å². The van der Waals surface area contributed by atoms with E-state index in [0.717, 1.165) is 11.3 Å². The van der Waals surface area contributed by atoms with Crippen LogP contribution in [0, 0.1) is 0 Å². The molecule has 2 aromatic carbocycles. The number of carbonyl (C=O) groups is 2. The van der Waals surface area contributed by atoms with E-state index in [2.05, 4.69) is 15.8 Å². The number of nitrogens with one attached hydrogen (secondary N) is 2. The molecular weight excluding hydrogens is 342 g/mol. The van der Waals surface area contributed by atoms with Gasteiger partial charge in [-0.15, -0.1) is 0 Å². The Morgan fingerprint density at radius 1 is 1.16 bits per heavy atom. The Morgan fingerprint density at radius 2 is 1.92 bits per heavy atom. The number of rotatable bonds is 4. The number of halogens is 1. The summed E-state index contributed by atoms with van der Waals surface area (Å²) in [6, 6.07) is 14.4. The highest BCUT2D eigenvalue weighted by Gasteiger charge is 2.28. The number of oxime groups is 1. The van der Waals surface area contributed by atoms with Crippen molar-refractivity contribution in [2.24, 2.45) is 5.16 Å². The van der Waals surface area contributed by atoms with Gasteiger partial charge in [-0.25, -0.2) is 0 Å². The highest BCUT2D eigenvalue weighted by molar-refractivity contribution is 6.34. The second kappa shape index (κ2) is 7.36. The van der Waals surface area contributed by atoms with E-state index in [-0.39, 0.29) is 11.8 Å². The maximum Gasteiger partial charge on any atom is 0.268 e. The van der Waals surface area contributed by atoms with Crippen molar-refractivity contribution in [1.29, 1.82) is 0 Å². The first kappa shape index (κ1) is 17.0. The molecule has 1 atom stereocenters. The third-order valence-electron chi connectivity index (χ3n) is 3.62. The SMILES string of the molecule is CC(=O)Nc1ccc(NC(=O)C2CC(c3ccccc3)=NO2)cc1Cl. The summed E-state index contributed by atoms with van der Waals surface area (Å²) in [5, 5.41) is 9.68. The van der Waals surface area contributed by atoms with Crippen LogP contribution in [-0.2, 0) is 14.4 Å². The van der Waals surface area contributed by atoms with Crippen molar-refractivity contribution >= 4 is 40.5 Å². The number of nitrogens with zero attached hydrogens (tertiary/aromatic N) is 1. The third-order valence-corrected chi connectivity index (χ3v) is 3.93. The summed E-state index contributed by atoms with van der Waals surface area (Å²) in [5.74, 6) is -0.526. The Bertz CT molecular complexity index is 837. The largest absolute Gasteiger partial charge is 0.382 e. The first-order chi connectivity index (χ1) is 12.0. The molecule has 0 bridgehead atoms. The summed E-state index contributed by atoms with van der Waals surface area (Å²) < 4.78 is 0. The van der Waals surface area contributed by atoms with Crippen LogP contribution < -0.4 is 10.6 Å². The monoisotopic (exact) mass is 357 g/mol. The zero-order chi connectivity index (χ0) is 17.8. The standard InChI is InChI=1S/C18H16ClN3O3/c1-11(23)20-15-8-7-13(9-14(15)19)21-18(24)17-10-16(22-25-17)12-5-3-2-4-6-12/h2-9,17H,10H2,1H3,(H,20,23)(H,21,24). The Hall–Kier alpha value is -2.86. The quantitative estimate of drug-likeness (QED) is 0.879. The highest BCUT2D eigenvalue weighted by Crippen LogP contribution is 2.26. The fourth-order valence-electron chi connectivity index (χ4n) is 2.43. The van der Waals surface area contributed by atoms with Gasteiger partial charge >= 0.3 is 0 Å². The summed E-state index contributed by atoms with van der Waals surface area (Å²) >= 11 is 6.10. The maximum absolute atomic E-state index is 12.3. The third kappa shape index (κ3) is 4.16. The molecule has 128 valence electrons. The Labute approximate surface area is 149 Å². The molecule has 1 heterocycles. The fraction of sp³-hybridized carbons (Fsp3) is 0.167. The molecular formula is C18H16ClN3O3. The molecule has 0 saturated carbocycles. The van der Waals surface area contributed by atoms with E-state index in [0.29, 0.717) is 22.8 Å². The smallest absolute Gasteiger partial charge is 0.268 e. The molecule has 2 aromatic rings. The van der Waals surface area contributed by atoms with Crippen LogP contribution in [0.25, 0.3) is 0 Å². The predicted molar refractivity (Wildman–Crippen MR) is 96.9 cm³/mol. The van der Waals surface area contributed by atoms with Crippen LogP contribution in [0.3, 0.4) is 0 Å². The minimum Gasteiger partial charge on any atom is -0.382 e. The van der Waals surface area contributed by atoms with Crippen LogP contribution in [0.4, 0.5) is 11.4 Å². The number of amides is 2. The van der Waals surface area contributed by atoms with E-state index < -0.39 is 6.10 Å². The summed E-state index contributed by atoms with van der Waals surface area (Å²) in [6.45, 7) is 1.40. The number of carbonyl (C=O) groups excluding carboxylic acids is 2. The molecule has 0 saturated heterocycles. The van der Waals surface area contributed by atoms with Crippen LogP contribution in [0.2, 0.25) is 5.02 Å². The number of hydrogen-bond donors (Lipinski definition) is 2. The van der Waals surface area contributed by atoms with Crippen molar-refractivity contribution in [1.82, 2.24) is 0 Å². The van der Waals surface area contributed by atoms with Gasteiger partial charge in [-0.3, -0.25) is 9.59 Å². The molecule has 6 nitrogen and oxygen atoms in total. The van der Waals surface area contributed by atoms with Gasteiger partial charge in [-0.05, 0) is 23.8 Å². The van der Waals surface area contributed by atoms with Gasteiger partial charge in [0.15, 0.2) is 0 Å². The van der Waals surface area contributed by atoms with Crippen molar-refractivity contribution in [3.8, 4) is 0 Å². The molecule has 1 aliphatic heterocycles. The van der Waals surface area contributed by atoms with Gasteiger partial charge in [0.1, 0.15) is 0 Å². The summed E-state index contributed by atoms with van der Waals surface area (Å²) in [7, 11) is 0. The molecule has 0 spiro atoms. The van der Waals surface area contributed by atoms with Crippen LogP contribution in [0.1, 0.15) is 18.9 Å². The van der Waals surface area contributed by atoms with Gasteiger partial charge in [0.2, 0.25) is 12.0 Å². The average molecular weight is 358 g/mol. The first-order valence-electron chi connectivity index (χ1n) is 7.69. The van der Waals surface area contributed by atoms with E-state index in [1.54, 1.807) is 18.2 Å². The summed E-state index contributed by atoms with van der Waals surface area (Å²) in [4.78, 5) is 28.7. The molecule has 1 aliphatic rings. The van der Waals surface area contributed by atoms with Crippen LogP contribution in [0.15, 0.2) is 53.7 Å². The zero-order valence-corrected chi connectivity index (χ0v) is 14.2. The van der Waals surface area contributed by atoms with Crippen molar-refractivity contribution in [2.75, 3.05) is 10.6 Å². The van der Waals surface area contributed by atoms with E-state index in [1.807, 2.05) is 30.3 Å². The second-order valence-corrected chi connectivity index (χ2v) is 5.97. The van der Waals surface area contributed by atoms with Gasteiger partial charge in [0.05, 0.1) is 16.4 Å². The van der Waals surface area contributed by atoms with Gasteiger partial charge < -0.3 is 15.5 Å². The summed E-state index contributed by atoms with van der Waals surface area (Å²) in [5.41, 5.74) is 2.67. The Balaban J connectivity index is 1.62. The molecule has 0 radical (unpaired) electrons. The average Bonchev–Trinajstić information content (AvgIpc) is 3.08.